The number of anilines is 3. The number of nitrogens with two attached hydrogens (primary N) is 1. The van der Waals surface area contributed by atoms with Crippen LogP contribution in [0.3, 0.4) is 0 Å². The Balaban J connectivity index is 1.41. The summed E-state index contributed by atoms with van der Waals surface area (Å²) >= 11 is 0. The zero-order chi connectivity index (χ0) is 27.2. The van der Waals surface area contributed by atoms with Gasteiger partial charge < -0.3 is 21.7 Å². The van der Waals surface area contributed by atoms with Gasteiger partial charge in [0.1, 0.15) is 0 Å². The van der Waals surface area contributed by atoms with Crippen LogP contribution in [0.1, 0.15) is 24.1 Å². The predicted octanol–water partition coefficient (Wildman–Crippen LogP) is 4.66. The zero-order valence-electron chi connectivity index (χ0n) is 20.5. The maximum Gasteiger partial charge on any atom is 0.416 e. The van der Waals surface area contributed by atoms with Gasteiger partial charge in [0, 0.05) is 25.5 Å². The summed E-state index contributed by atoms with van der Waals surface area (Å²) in [6, 6.07) is 12.4. The van der Waals surface area contributed by atoms with Gasteiger partial charge in [-0.05, 0) is 60.4 Å². The monoisotopic (exact) mass is 523 g/mol. The third-order valence-corrected chi connectivity index (χ3v) is 6.62. The van der Waals surface area contributed by atoms with E-state index in [-0.39, 0.29) is 11.6 Å². The van der Waals surface area contributed by atoms with Gasteiger partial charge in [0.15, 0.2) is 11.5 Å². The number of likely N-dealkylation sites (N-methyl/N-ethyl adjacent to an activating group) is 1. The molecule has 0 aliphatic heterocycles. The van der Waals surface area contributed by atoms with E-state index in [1.165, 1.54) is 12.1 Å². The number of benzene rings is 2. The van der Waals surface area contributed by atoms with Crippen LogP contribution in [-0.4, -0.2) is 33.8 Å². The number of carbonyl (C=O) groups is 2. The van der Waals surface area contributed by atoms with E-state index in [1.54, 1.807) is 43.0 Å². The van der Waals surface area contributed by atoms with Gasteiger partial charge in [0.05, 0.1) is 22.1 Å². The number of alkyl halides is 3. The Hall–Kier alpha value is -4.61. The standard InChI is InChI=1S/C26H24F3N7O2/c1-31-23(37)25(10-11-25)19-13-18(20-21(30)35-36(2)22(20)34-19)14-6-8-16(9-7-14)32-24(38)33-17-5-3-4-15(12-17)26(27,28)29/h3-9,12-13H,10-11H2,1-2H3,(H2,30,35)(H,31,37)(H2,32,33,38). The number of nitrogens with one attached hydrogen (secondary N) is 3. The predicted molar refractivity (Wildman–Crippen MR) is 137 cm³/mol. The van der Waals surface area contributed by atoms with Gasteiger partial charge in [-0.25, -0.2) is 14.5 Å². The van der Waals surface area contributed by atoms with Crippen molar-refractivity contribution in [2.75, 3.05) is 23.4 Å². The number of hydrogen-bond acceptors (Lipinski definition) is 5. The molecule has 2 heterocycles. The van der Waals surface area contributed by atoms with Crippen LogP contribution in [-0.2, 0) is 23.4 Å². The number of amides is 3. The van der Waals surface area contributed by atoms with Gasteiger partial charge in [0.2, 0.25) is 5.91 Å². The van der Waals surface area contributed by atoms with E-state index in [4.69, 9.17) is 10.7 Å². The molecule has 0 radical (unpaired) electrons. The van der Waals surface area contributed by atoms with E-state index in [1.807, 2.05) is 6.07 Å². The summed E-state index contributed by atoms with van der Waals surface area (Å²) in [7, 11) is 3.33. The molecule has 2 aromatic heterocycles. The lowest BCUT2D eigenvalue weighted by Gasteiger charge is -2.16. The minimum Gasteiger partial charge on any atom is -0.382 e. The first-order valence-corrected chi connectivity index (χ1v) is 11.7. The topological polar surface area (TPSA) is 127 Å². The number of urea groups is 1. The fourth-order valence-electron chi connectivity index (χ4n) is 4.51. The number of fused-ring (bicyclic) bond motifs is 1. The molecule has 0 unspecified atom stereocenters. The maximum absolute atomic E-state index is 12.9. The number of aryl methyl sites for hydroxylation is 1. The second kappa shape index (κ2) is 9.05. The average Bonchev–Trinajstić information content (AvgIpc) is 3.64. The SMILES string of the molecule is CNC(=O)C1(c2cc(-c3ccc(NC(=O)Nc4cccc(C(F)(F)F)c4)cc3)c3c(N)nn(C)c3n2)CC1. The highest BCUT2D eigenvalue weighted by molar-refractivity contribution is 6.03. The lowest BCUT2D eigenvalue weighted by atomic mass is 9.95. The summed E-state index contributed by atoms with van der Waals surface area (Å²) in [5, 5.41) is 12.7. The number of hydrogen-bond donors (Lipinski definition) is 4. The van der Waals surface area contributed by atoms with E-state index in [0.29, 0.717) is 41.1 Å². The molecule has 4 aromatic rings. The first-order valence-electron chi connectivity index (χ1n) is 11.7. The molecule has 3 amide bonds. The molecule has 0 saturated heterocycles. The molecule has 0 bridgehead atoms. The second-order valence-corrected chi connectivity index (χ2v) is 9.16. The lowest BCUT2D eigenvalue weighted by Crippen LogP contribution is -2.32. The van der Waals surface area contributed by atoms with Crippen molar-refractivity contribution in [2.24, 2.45) is 7.05 Å². The molecule has 2 aromatic carbocycles. The van der Waals surface area contributed by atoms with Crippen molar-refractivity contribution in [3.05, 3.63) is 65.9 Å². The Morgan fingerprint density at radius 1 is 1.03 bits per heavy atom. The smallest absolute Gasteiger partial charge is 0.382 e. The van der Waals surface area contributed by atoms with Gasteiger partial charge in [-0.3, -0.25) is 4.79 Å². The number of aromatic nitrogens is 3. The van der Waals surface area contributed by atoms with Crippen LogP contribution in [0.4, 0.5) is 35.2 Å². The molecule has 196 valence electrons. The van der Waals surface area contributed by atoms with Gasteiger partial charge in [0.25, 0.3) is 0 Å². The van der Waals surface area contributed by atoms with E-state index in [9.17, 15) is 22.8 Å². The average molecular weight is 524 g/mol. The highest BCUT2D eigenvalue weighted by Gasteiger charge is 2.52. The van der Waals surface area contributed by atoms with Gasteiger partial charge in [-0.1, -0.05) is 18.2 Å². The van der Waals surface area contributed by atoms with Crippen LogP contribution in [0.25, 0.3) is 22.2 Å². The highest BCUT2D eigenvalue weighted by atomic mass is 19.4. The fraction of sp³-hybridized carbons (Fsp3) is 0.231. The van der Waals surface area contributed by atoms with Crippen LogP contribution in [0.15, 0.2) is 54.6 Å². The van der Waals surface area contributed by atoms with Crippen molar-refractivity contribution < 1.29 is 22.8 Å². The molecule has 5 N–H and O–H groups in total. The third-order valence-electron chi connectivity index (χ3n) is 6.62. The number of halogens is 3. The molecule has 1 aliphatic rings. The van der Waals surface area contributed by atoms with Gasteiger partial charge >= 0.3 is 12.2 Å². The number of nitrogens with zero attached hydrogens (tertiary/aromatic N) is 3. The van der Waals surface area contributed by atoms with Crippen molar-refractivity contribution in [2.45, 2.75) is 24.4 Å². The van der Waals surface area contributed by atoms with Crippen molar-refractivity contribution in [3.8, 4) is 11.1 Å². The molecule has 0 atom stereocenters. The van der Waals surface area contributed by atoms with Crippen molar-refractivity contribution in [1.29, 1.82) is 0 Å². The highest BCUT2D eigenvalue weighted by Crippen LogP contribution is 2.49. The summed E-state index contributed by atoms with van der Waals surface area (Å²) in [5.41, 5.74) is 7.76. The van der Waals surface area contributed by atoms with Crippen LogP contribution < -0.4 is 21.7 Å². The quantitative estimate of drug-likeness (QED) is 0.303. The van der Waals surface area contributed by atoms with Crippen LogP contribution >= 0.6 is 0 Å². The second-order valence-electron chi connectivity index (χ2n) is 9.16. The van der Waals surface area contributed by atoms with E-state index >= 15 is 0 Å². The lowest BCUT2D eigenvalue weighted by molar-refractivity contribution is -0.137. The number of pyridine rings is 1. The molecule has 1 aliphatic carbocycles. The molecular weight excluding hydrogens is 499 g/mol. The summed E-state index contributed by atoms with van der Waals surface area (Å²) in [5.74, 6) is 0.195. The Kier molecular flexibility index (Phi) is 5.97. The zero-order valence-corrected chi connectivity index (χ0v) is 20.5. The maximum atomic E-state index is 12.9. The molecule has 12 heteroatoms. The molecule has 5 rings (SSSR count). The van der Waals surface area contributed by atoms with Crippen molar-refractivity contribution >= 4 is 40.2 Å². The third kappa shape index (κ3) is 4.49. The van der Waals surface area contributed by atoms with Gasteiger partial charge in [-0.2, -0.15) is 18.3 Å². The molecule has 38 heavy (non-hydrogen) atoms. The van der Waals surface area contributed by atoms with E-state index in [0.717, 1.165) is 23.3 Å². The molecular formula is C26H24F3N7O2. The first-order chi connectivity index (χ1) is 18.0. The minimum atomic E-state index is -4.51. The number of rotatable bonds is 5. The molecule has 1 saturated carbocycles. The minimum absolute atomic E-state index is 0.0119. The summed E-state index contributed by atoms with van der Waals surface area (Å²) in [6.45, 7) is 0. The molecule has 1 fully saturated rings. The Bertz CT molecular complexity index is 1560. The first kappa shape index (κ1) is 25.1. The van der Waals surface area contributed by atoms with E-state index < -0.39 is 23.2 Å². The fourth-order valence-corrected chi connectivity index (χ4v) is 4.51. The van der Waals surface area contributed by atoms with Gasteiger partial charge in [-0.15, -0.1) is 0 Å². The summed E-state index contributed by atoms with van der Waals surface area (Å²) in [6.07, 6.45) is -3.15. The van der Waals surface area contributed by atoms with Crippen LogP contribution in [0.5, 0.6) is 0 Å². The largest absolute Gasteiger partial charge is 0.416 e. The summed E-state index contributed by atoms with van der Waals surface area (Å²) in [4.78, 5) is 29.7. The number of nitrogen functional groups attached to an aromatic ring is 1. The number of carbonyl (C=O) groups excluding carboxylic acids is 2. The molecule has 0 spiro atoms. The Morgan fingerprint density at radius 2 is 1.71 bits per heavy atom. The van der Waals surface area contributed by atoms with Crippen molar-refractivity contribution in [3.63, 3.8) is 0 Å². The van der Waals surface area contributed by atoms with Crippen LogP contribution in [0.2, 0.25) is 0 Å². The van der Waals surface area contributed by atoms with Crippen molar-refractivity contribution in [1.82, 2.24) is 20.1 Å². The normalized spacial score (nSPS) is 14.2. The summed E-state index contributed by atoms with van der Waals surface area (Å²) < 4.78 is 40.4. The Labute approximate surface area is 215 Å². The molecule has 9 nitrogen and oxygen atoms in total. The van der Waals surface area contributed by atoms with E-state index in [2.05, 4.69) is 21.0 Å². The Morgan fingerprint density at radius 3 is 2.34 bits per heavy atom. The van der Waals surface area contributed by atoms with Crippen LogP contribution in [0, 0.1) is 0 Å².